The molecule has 1 rings (SSSR count). The third-order valence-corrected chi connectivity index (χ3v) is 2.96. The van der Waals surface area contributed by atoms with Gasteiger partial charge >= 0.3 is 0 Å². The van der Waals surface area contributed by atoms with Gasteiger partial charge in [-0.2, -0.15) is 0 Å². The highest BCUT2D eigenvalue weighted by Gasteiger charge is 2.10. The largest absolute Gasteiger partial charge is 0.497 e. The van der Waals surface area contributed by atoms with Gasteiger partial charge in [0, 0.05) is 23.4 Å². The number of carbonyl (C=O) groups is 1. The maximum absolute atomic E-state index is 11.6. The summed E-state index contributed by atoms with van der Waals surface area (Å²) < 4.78 is 6.04. The molecule has 0 fully saturated rings. The molecular weight excluding hydrogens is 270 g/mol. The van der Waals surface area contributed by atoms with E-state index in [0.717, 1.165) is 15.8 Å². The lowest BCUT2D eigenvalue weighted by molar-refractivity contribution is -0.118. The second-order valence-corrected chi connectivity index (χ2v) is 4.71. The van der Waals surface area contributed by atoms with Crippen molar-refractivity contribution in [1.29, 1.82) is 0 Å². The van der Waals surface area contributed by atoms with E-state index in [4.69, 9.17) is 10.5 Å². The molecule has 0 bridgehead atoms. The molecule has 2 N–H and O–H groups in total. The lowest BCUT2D eigenvalue weighted by Crippen LogP contribution is -2.20. The Morgan fingerprint density at radius 2 is 2.25 bits per heavy atom. The average Bonchev–Trinajstić information content (AvgIpc) is 2.20. The third kappa shape index (κ3) is 3.94. The predicted molar refractivity (Wildman–Crippen MR) is 67.7 cm³/mol. The van der Waals surface area contributed by atoms with Crippen LogP contribution in [-0.4, -0.2) is 18.9 Å². The van der Waals surface area contributed by atoms with Gasteiger partial charge in [-0.1, -0.05) is 15.9 Å². The van der Waals surface area contributed by atoms with Gasteiger partial charge in [0.1, 0.15) is 11.5 Å². The van der Waals surface area contributed by atoms with Crippen molar-refractivity contribution in [2.75, 3.05) is 7.11 Å². The smallest absolute Gasteiger partial charge is 0.138 e. The molecule has 1 unspecified atom stereocenters. The number of hydrogen-bond donors (Lipinski definition) is 1. The van der Waals surface area contributed by atoms with Crippen LogP contribution in [0.3, 0.4) is 0 Å². The van der Waals surface area contributed by atoms with Crippen molar-refractivity contribution in [3.63, 3.8) is 0 Å². The van der Waals surface area contributed by atoms with Gasteiger partial charge in [0.05, 0.1) is 7.11 Å². The summed E-state index contributed by atoms with van der Waals surface area (Å²) >= 11 is 3.42. The minimum atomic E-state index is -0.0862. The fraction of sp³-hybridized carbons (Fsp3) is 0.417. The molecule has 0 radical (unpaired) electrons. The van der Waals surface area contributed by atoms with Crippen LogP contribution in [0, 0.1) is 0 Å². The Bertz CT molecular complexity index is 377. The number of methoxy groups -OCH3 is 1. The summed E-state index contributed by atoms with van der Waals surface area (Å²) in [5.41, 5.74) is 6.52. The van der Waals surface area contributed by atoms with Crippen molar-refractivity contribution in [2.24, 2.45) is 5.73 Å². The molecule has 16 heavy (non-hydrogen) atoms. The number of halogens is 1. The minimum absolute atomic E-state index is 0.0862. The van der Waals surface area contributed by atoms with E-state index in [0.29, 0.717) is 12.8 Å². The highest BCUT2D eigenvalue weighted by molar-refractivity contribution is 9.10. The lowest BCUT2D eigenvalue weighted by atomic mass is 10.0. The van der Waals surface area contributed by atoms with Crippen LogP contribution in [0.15, 0.2) is 22.7 Å². The second-order valence-electron chi connectivity index (χ2n) is 3.85. The van der Waals surface area contributed by atoms with E-state index in [1.165, 1.54) is 0 Å². The quantitative estimate of drug-likeness (QED) is 0.903. The number of hydrogen-bond acceptors (Lipinski definition) is 3. The molecule has 0 heterocycles. The SMILES string of the molecule is COc1ccc(Br)c(CC(=O)CC(C)N)c1. The molecule has 0 aromatic heterocycles. The van der Waals surface area contributed by atoms with Crippen LogP contribution in [0.25, 0.3) is 0 Å². The molecular formula is C12H16BrNO2. The van der Waals surface area contributed by atoms with Crippen molar-refractivity contribution in [3.05, 3.63) is 28.2 Å². The zero-order valence-corrected chi connectivity index (χ0v) is 11.1. The molecule has 0 saturated heterocycles. The van der Waals surface area contributed by atoms with Crippen molar-refractivity contribution in [2.45, 2.75) is 25.8 Å². The Hall–Kier alpha value is -0.870. The molecule has 1 aromatic rings. The summed E-state index contributed by atoms with van der Waals surface area (Å²) in [5.74, 6) is 0.899. The Morgan fingerprint density at radius 3 is 2.81 bits per heavy atom. The molecule has 3 nitrogen and oxygen atoms in total. The van der Waals surface area contributed by atoms with Gasteiger partial charge in [0.25, 0.3) is 0 Å². The molecule has 0 aliphatic carbocycles. The number of nitrogens with two attached hydrogens (primary N) is 1. The topological polar surface area (TPSA) is 52.3 Å². The van der Waals surface area contributed by atoms with Gasteiger partial charge in [-0.15, -0.1) is 0 Å². The van der Waals surface area contributed by atoms with Crippen LogP contribution in [0.1, 0.15) is 18.9 Å². The molecule has 0 spiro atoms. The average molecular weight is 286 g/mol. The first-order valence-electron chi connectivity index (χ1n) is 5.12. The van der Waals surface area contributed by atoms with Gasteiger partial charge in [0.15, 0.2) is 0 Å². The lowest BCUT2D eigenvalue weighted by Gasteiger charge is -2.08. The zero-order chi connectivity index (χ0) is 12.1. The minimum Gasteiger partial charge on any atom is -0.497 e. The highest BCUT2D eigenvalue weighted by atomic mass is 79.9. The molecule has 0 aliphatic heterocycles. The van der Waals surface area contributed by atoms with E-state index in [1.807, 2.05) is 25.1 Å². The summed E-state index contributed by atoms with van der Waals surface area (Å²) in [7, 11) is 1.61. The number of ketones is 1. The fourth-order valence-corrected chi connectivity index (χ4v) is 1.84. The van der Waals surface area contributed by atoms with Gasteiger partial charge in [-0.05, 0) is 30.7 Å². The number of Topliss-reactive ketones (excluding diaryl/α,β-unsaturated/α-hetero) is 1. The van der Waals surface area contributed by atoms with Crippen LogP contribution in [0.2, 0.25) is 0 Å². The van der Waals surface area contributed by atoms with E-state index in [9.17, 15) is 4.79 Å². The maximum atomic E-state index is 11.6. The maximum Gasteiger partial charge on any atom is 0.138 e. The Morgan fingerprint density at radius 1 is 1.56 bits per heavy atom. The summed E-state index contributed by atoms with van der Waals surface area (Å²) in [6.45, 7) is 1.83. The van der Waals surface area contributed by atoms with Crippen molar-refractivity contribution in [3.8, 4) is 5.75 Å². The molecule has 1 atom stereocenters. The molecule has 1 aromatic carbocycles. The van der Waals surface area contributed by atoms with Crippen LogP contribution in [-0.2, 0) is 11.2 Å². The molecule has 88 valence electrons. The van der Waals surface area contributed by atoms with E-state index in [1.54, 1.807) is 7.11 Å². The van der Waals surface area contributed by atoms with Crippen molar-refractivity contribution >= 4 is 21.7 Å². The summed E-state index contributed by atoms with van der Waals surface area (Å²) in [5, 5.41) is 0. The Labute approximate surface area is 104 Å². The fourth-order valence-electron chi connectivity index (χ4n) is 1.46. The van der Waals surface area contributed by atoms with E-state index < -0.39 is 0 Å². The standard InChI is InChI=1S/C12H16BrNO2/c1-8(14)5-10(15)6-9-7-11(16-2)3-4-12(9)13/h3-4,7-8H,5-6,14H2,1-2H3. The van der Waals surface area contributed by atoms with Crippen LogP contribution >= 0.6 is 15.9 Å². The summed E-state index contributed by atoms with van der Waals surface area (Å²) in [6.07, 6.45) is 0.795. The van der Waals surface area contributed by atoms with Crippen molar-refractivity contribution in [1.82, 2.24) is 0 Å². The third-order valence-electron chi connectivity index (χ3n) is 2.19. The predicted octanol–water partition coefficient (Wildman–Crippen LogP) is 2.31. The molecule has 4 heteroatoms. The number of ether oxygens (including phenoxy) is 1. The van der Waals surface area contributed by atoms with E-state index in [-0.39, 0.29) is 11.8 Å². The van der Waals surface area contributed by atoms with Gasteiger partial charge in [0.2, 0.25) is 0 Å². The monoisotopic (exact) mass is 285 g/mol. The first-order chi connectivity index (χ1) is 7.52. The number of rotatable bonds is 5. The van der Waals surface area contributed by atoms with Gasteiger partial charge in [-0.25, -0.2) is 0 Å². The van der Waals surface area contributed by atoms with Crippen LogP contribution in [0.4, 0.5) is 0 Å². The normalized spacial score (nSPS) is 12.2. The second kappa shape index (κ2) is 6.01. The van der Waals surface area contributed by atoms with E-state index in [2.05, 4.69) is 15.9 Å². The Kier molecular flexibility index (Phi) is 4.96. The molecule has 0 saturated carbocycles. The summed E-state index contributed by atoms with van der Waals surface area (Å²) in [6, 6.07) is 5.51. The van der Waals surface area contributed by atoms with Crippen LogP contribution in [0.5, 0.6) is 5.75 Å². The number of carbonyl (C=O) groups excluding carboxylic acids is 1. The first-order valence-corrected chi connectivity index (χ1v) is 5.92. The molecule has 0 aliphatic rings. The van der Waals surface area contributed by atoms with Crippen LogP contribution < -0.4 is 10.5 Å². The highest BCUT2D eigenvalue weighted by Crippen LogP contribution is 2.23. The first kappa shape index (κ1) is 13.2. The van der Waals surface area contributed by atoms with Gasteiger partial charge < -0.3 is 10.5 Å². The number of benzene rings is 1. The molecule has 0 amide bonds. The van der Waals surface area contributed by atoms with E-state index >= 15 is 0 Å². The zero-order valence-electron chi connectivity index (χ0n) is 9.50. The summed E-state index contributed by atoms with van der Waals surface area (Å²) in [4.78, 5) is 11.6. The van der Waals surface area contributed by atoms with Crippen molar-refractivity contribution < 1.29 is 9.53 Å². The van der Waals surface area contributed by atoms with Gasteiger partial charge in [-0.3, -0.25) is 4.79 Å². The Balaban J connectivity index is 2.75.